The number of amides is 2. The third-order valence-electron chi connectivity index (χ3n) is 3.77. The zero-order valence-corrected chi connectivity index (χ0v) is 15.1. The average Bonchev–Trinajstić information content (AvgIpc) is 2.61. The van der Waals surface area contributed by atoms with Gasteiger partial charge in [0.25, 0.3) is 0 Å². The Bertz CT molecular complexity index is 560. The van der Waals surface area contributed by atoms with Gasteiger partial charge < -0.3 is 19.7 Å². The topological polar surface area (TPSA) is 71.1 Å². The van der Waals surface area contributed by atoms with Crippen molar-refractivity contribution in [2.24, 2.45) is 0 Å². The van der Waals surface area contributed by atoms with Crippen LogP contribution in [0.1, 0.15) is 6.92 Å². The summed E-state index contributed by atoms with van der Waals surface area (Å²) in [6, 6.07) is 7.08. The van der Waals surface area contributed by atoms with Crippen molar-refractivity contribution in [1.82, 2.24) is 15.1 Å². The lowest BCUT2D eigenvalue weighted by atomic mass is 10.3. The summed E-state index contributed by atoms with van der Waals surface area (Å²) in [5, 5.41) is 3.49. The molecule has 0 aliphatic carbocycles. The summed E-state index contributed by atoms with van der Waals surface area (Å²) >= 11 is 5.80. The summed E-state index contributed by atoms with van der Waals surface area (Å²) in [6.45, 7) is 5.78. The maximum atomic E-state index is 12.0. The van der Waals surface area contributed by atoms with Crippen molar-refractivity contribution in [2.45, 2.75) is 6.92 Å². The van der Waals surface area contributed by atoms with Crippen LogP contribution in [-0.4, -0.2) is 74.3 Å². The monoisotopic (exact) mass is 369 g/mol. The highest BCUT2D eigenvalue weighted by atomic mass is 35.5. The molecule has 0 bridgehead atoms. The number of hydrogen-bond acceptors (Lipinski definition) is 5. The van der Waals surface area contributed by atoms with Crippen LogP contribution >= 0.6 is 11.6 Å². The van der Waals surface area contributed by atoms with Crippen LogP contribution in [0.25, 0.3) is 0 Å². The van der Waals surface area contributed by atoms with Crippen LogP contribution < -0.4 is 10.1 Å². The number of rotatable bonds is 7. The smallest absolute Gasteiger partial charge is 0.409 e. The molecule has 0 atom stereocenters. The van der Waals surface area contributed by atoms with Gasteiger partial charge in [-0.3, -0.25) is 9.69 Å². The Kier molecular flexibility index (Phi) is 7.81. The van der Waals surface area contributed by atoms with Crippen molar-refractivity contribution in [3.05, 3.63) is 29.3 Å². The molecule has 1 aromatic rings. The highest BCUT2D eigenvalue weighted by molar-refractivity contribution is 6.30. The van der Waals surface area contributed by atoms with E-state index >= 15 is 0 Å². The Labute approximate surface area is 152 Å². The van der Waals surface area contributed by atoms with Crippen molar-refractivity contribution < 1.29 is 19.1 Å². The summed E-state index contributed by atoms with van der Waals surface area (Å²) in [5.41, 5.74) is 0. The van der Waals surface area contributed by atoms with Crippen LogP contribution in [0.4, 0.5) is 4.79 Å². The van der Waals surface area contributed by atoms with E-state index in [0.29, 0.717) is 63.3 Å². The van der Waals surface area contributed by atoms with E-state index in [1.54, 1.807) is 36.1 Å². The molecule has 1 N–H and O–H groups in total. The van der Waals surface area contributed by atoms with E-state index in [0.717, 1.165) is 0 Å². The third kappa shape index (κ3) is 6.80. The first kappa shape index (κ1) is 19.3. The second kappa shape index (κ2) is 10.1. The van der Waals surface area contributed by atoms with Gasteiger partial charge in [0.2, 0.25) is 5.91 Å². The number of benzene rings is 1. The van der Waals surface area contributed by atoms with Crippen molar-refractivity contribution in [3.63, 3.8) is 0 Å². The number of nitrogens with zero attached hydrogens (tertiary/aromatic N) is 2. The van der Waals surface area contributed by atoms with E-state index in [4.69, 9.17) is 21.1 Å². The summed E-state index contributed by atoms with van der Waals surface area (Å²) in [7, 11) is 0. The predicted molar refractivity (Wildman–Crippen MR) is 95.0 cm³/mol. The molecule has 1 fully saturated rings. The van der Waals surface area contributed by atoms with Gasteiger partial charge in [-0.05, 0) is 31.2 Å². The summed E-state index contributed by atoms with van der Waals surface area (Å²) < 4.78 is 10.5. The van der Waals surface area contributed by atoms with E-state index < -0.39 is 0 Å². The first-order chi connectivity index (χ1) is 12.1. The first-order valence-electron chi connectivity index (χ1n) is 8.37. The van der Waals surface area contributed by atoms with E-state index in [2.05, 4.69) is 5.32 Å². The Morgan fingerprint density at radius 1 is 1.16 bits per heavy atom. The quantitative estimate of drug-likeness (QED) is 0.739. The normalized spacial score (nSPS) is 14.9. The van der Waals surface area contributed by atoms with Gasteiger partial charge in [0, 0.05) is 31.2 Å². The lowest BCUT2D eigenvalue weighted by Gasteiger charge is -2.33. The Hall–Kier alpha value is -1.99. The fourth-order valence-electron chi connectivity index (χ4n) is 2.45. The third-order valence-corrected chi connectivity index (χ3v) is 4.02. The minimum atomic E-state index is -0.286. The molecule has 0 saturated carbocycles. The summed E-state index contributed by atoms with van der Waals surface area (Å²) in [4.78, 5) is 27.3. The summed E-state index contributed by atoms with van der Waals surface area (Å²) in [6.07, 6.45) is -0.286. The molecule has 8 heteroatoms. The highest BCUT2D eigenvalue weighted by Crippen LogP contribution is 2.15. The largest absolute Gasteiger partial charge is 0.492 e. The lowest BCUT2D eigenvalue weighted by molar-refractivity contribution is -0.122. The van der Waals surface area contributed by atoms with Crippen molar-refractivity contribution in [3.8, 4) is 5.75 Å². The molecular formula is C17H24ClN3O4. The maximum Gasteiger partial charge on any atom is 0.409 e. The number of nitrogens with one attached hydrogen (secondary N) is 1. The van der Waals surface area contributed by atoms with Gasteiger partial charge in [-0.15, -0.1) is 0 Å². The first-order valence-corrected chi connectivity index (χ1v) is 8.75. The van der Waals surface area contributed by atoms with Gasteiger partial charge in [0.15, 0.2) is 0 Å². The molecular weight excluding hydrogens is 346 g/mol. The highest BCUT2D eigenvalue weighted by Gasteiger charge is 2.22. The second-order valence-corrected chi connectivity index (χ2v) is 6.05. The molecule has 1 aliphatic rings. The standard InChI is InChI=1S/C17H24ClN3O4/c1-2-24-17(23)21-10-8-20(9-11-21)13-16(22)19-7-12-25-15-5-3-14(18)4-6-15/h3-6H,2,7-13H2,1H3,(H,19,22). The van der Waals surface area contributed by atoms with E-state index in [9.17, 15) is 9.59 Å². The minimum absolute atomic E-state index is 0.0516. The molecule has 7 nitrogen and oxygen atoms in total. The van der Waals surface area contributed by atoms with Crippen molar-refractivity contribution >= 4 is 23.6 Å². The molecule has 1 aromatic carbocycles. The summed E-state index contributed by atoms with van der Waals surface area (Å²) in [5.74, 6) is 0.665. The lowest BCUT2D eigenvalue weighted by Crippen LogP contribution is -2.51. The van der Waals surface area contributed by atoms with E-state index in [1.165, 1.54) is 0 Å². The molecule has 1 aliphatic heterocycles. The SMILES string of the molecule is CCOC(=O)N1CCN(CC(=O)NCCOc2ccc(Cl)cc2)CC1. The maximum absolute atomic E-state index is 12.0. The Morgan fingerprint density at radius 2 is 1.84 bits per heavy atom. The fraction of sp³-hybridized carbons (Fsp3) is 0.529. The zero-order chi connectivity index (χ0) is 18.1. The molecule has 1 heterocycles. The number of halogens is 1. The number of piperazine rings is 1. The number of carbonyl (C=O) groups excluding carboxylic acids is 2. The Balaban J connectivity index is 1.58. The molecule has 0 radical (unpaired) electrons. The van der Waals surface area contributed by atoms with Gasteiger partial charge in [-0.25, -0.2) is 4.79 Å². The fourth-order valence-corrected chi connectivity index (χ4v) is 2.58. The van der Waals surface area contributed by atoms with Gasteiger partial charge in [-0.2, -0.15) is 0 Å². The van der Waals surface area contributed by atoms with Crippen LogP contribution in [0, 0.1) is 0 Å². The van der Waals surface area contributed by atoms with Crippen molar-refractivity contribution in [2.75, 3.05) is 52.5 Å². The molecule has 0 aromatic heterocycles. The van der Waals surface area contributed by atoms with E-state index in [-0.39, 0.29) is 12.0 Å². The molecule has 0 unspecified atom stereocenters. The minimum Gasteiger partial charge on any atom is -0.492 e. The second-order valence-electron chi connectivity index (χ2n) is 5.61. The van der Waals surface area contributed by atoms with Gasteiger partial charge >= 0.3 is 6.09 Å². The molecule has 1 saturated heterocycles. The van der Waals surface area contributed by atoms with Crippen LogP contribution in [-0.2, 0) is 9.53 Å². The average molecular weight is 370 g/mol. The molecule has 138 valence electrons. The van der Waals surface area contributed by atoms with Crippen LogP contribution in [0.5, 0.6) is 5.75 Å². The molecule has 2 amide bonds. The van der Waals surface area contributed by atoms with E-state index in [1.807, 2.05) is 4.90 Å². The Morgan fingerprint density at radius 3 is 2.48 bits per heavy atom. The molecule has 2 rings (SSSR count). The van der Waals surface area contributed by atoms with Crippen LogP contribution in [0.3, 0.4) is 0 Å². The molecule has 25 heavy (non-hydrogen) atoms. The zero-order valence-electron chi connectivity index (χ0n) is 14.4. The number of carbonyl (C=O) groups is 2. The van der Waals surface area contributed by atoms with Gasteiger partial charge in [0.05, 0.1) is 19.7 Å². The van der Waals surface area contributed by atoms with Gasteiger partial charge in [-0.1, -0.05) is 11.6 Å². The number of ether oxygens (including phenoxy) is 2. The van der Waals surface area contributed by atoms with Crippen LogP contribution in [0.2, 0.25) is 5.02 Å². The predicted octanol–water partition coefficient (Wildman–Crippen LogP) is 1.61. The molecule has 0 spiro atoms. The number of hydrogen-bond donors (Lipinski definition) is 1. The van der Waals surface area contributed by atoms with Gasteiger partial charge in [0.1, 0.15) is 12.4 Å². The van der Waals surface area contributed by atoms with Crippen molar-refractivity contribution in [1.29, 1.82) is 0 Å². The van der Waals surface area contributed by atoms with Crippen LogP contribution in [0.15, 0.2) is 24.3 Å².